The zero-order valence-electron chi connectivity index (χ0n) is 22.6. The minimum atomic E-state index is -1.21. The zero-order valence-corrected chi connectivity index (χ0v) is 22.6. The molecule has 0 fully saturated rings. The second-order valence-electron chi connectivity index (χ2n) is 9.48. The Labute approximate surface area is 223 Å². The number of rotatable bonds is 17. The highest BCUT2D eigenvalue weighted by molar-refractivity contribution is 5.94. The number of H-pyrrole nitrogens is 1. The predicted octanol–water partition coefficient (Wildman–Crippen LogP) is -1.04. The maximum absolute atomic E-state index is 13.3. The Hall–Kier alpha value is -3.68. The summed E-state index contributed by atoms with van der Waals surface area (Å²) in [4.78, 5) is 61.6. The molecule has 0 aliphatic rings. The lowest BCUT2D eigenvalue weighted by molar-refractivity contribution is -0.143. The molecule has 1 aromatic heterocycles. The summed E-state index contributed by atoms with van der Waals surface area (Å²) < 4.78 is 0. The molecule has 38 heavy (non-hydrogen) atoms. The molecule has 1 heterocycles. The van der Waals surface area contributed by atoms with Gasteiger partial charge in [0.05, 0.1) is 12.4 Å². The number of nitrogens with one attached hydrogen (secondary N) is 4. The van der Waals surface area contributed by atoms with Crippen molar-refractivity contribution in [1.82, 2.24) is 25.9 Å². The number of nitrogens with zero attached hydrogens (tertiary/aromatic N) is 2. The number of aromatic nitrogens is 2. The van der Waals surface area contributed by atoms with Crippen LogP contribution >= 0.6 is 0 Å². The molecule has 1 aromatic rings. The van der Waals surface area contributed by atoms with Gasteiger partial charge >= 0.3 is 5.97 Å². The van der Waals surface area contributed by atoms with Crippen LogP contribution in [0, 0.1) is 11.8 Å². The molecule has 0 saturated heterocycles. The van der Waals surface area contributed by atoms with E-state index in [1.807, 2.05) is 13.8 Å². The standard InChI is InChI=1S/C24H43N9O5/c1-5-13(3)18(21(35)31-17(23(37)38)8-7-9-29-24(26)27)33-22(36)19(14(4)6-2)32-20(34)16(25)10-15-11-28-12-30-15/h11-14,16-19H,5-10,25H2,1-4H3,(H,28,30)(H,31,35)(H,32,34)(H,33,36)(H,37,38)(H4,26,27,29). The Balaban J connectivity index is 2.96. The SMILES string of the molecule is CCC(C)C(NC(=O)C(N)Cc1cnc[nH]1)C(=O)NC(C(=O)NC(CCCN=C(N)N)C(=O)O)C(C)CC. The van der Waals surface area contributed by atoms with Crippen LogP contribution < -0.4 is 33.2 Å². The summed E-state index contributed by atoms with van der Waals surface area (Å²) in [6.07, 6.45) is 4.79. The summed E-state index contributed by atoms with van der Waals surface area (Å²) >= 11 is 0. The average molecular weight is 538 g/mol. The summed E-state index contributed by atoms with van der Waals surface area (Å²) in [6.45, 7) is 7.52. The second-order valence-corrected chi connectivity index (χ2v) is 9.48. The number of carbonyl (C=O) groups excluding carboxylic acids is 3. The molecule has 14 nitrogen and oxygen atoms in total. The number of carbonyl (C=O) groups is 4. The van der Waals surface area contributed by atoms with Gasteiger partial charge in [0.25, 0.3) is 0 Å². The quantitative estimate of drug-likeness (QED) is 0.0686. The summed E-state index contributed by atoms with van der Waals surface area (Å²) in [5.41, 5.74) is 17.3. The van der Waals surface area contributed by atoms with Crippen LogP contribution in [-0.2, 0) is 25.6 Å². The largest absolute Gasteiger partial charge is 0.480 e. The van der Waals surface area contributed by atoms with Crippen molar-refractivity contribution in [3.63, 3.8) is 0 Å². The molecule has 6 atom stereocenters. The monoisotopic (exact) mass is 537 g/mol. The smallest absolute Gasteiger partial charge is 0.326 e. The first-order valence-corrected chi connectivity index (χ1v) is 12.8. The summed E-state index contributed by atoms with van der Waals surface area (Å²) in [5, 5.41) is 17.5. The number of hydrogen-bond donors (Lipinski definition) is 8. The van der Waals surface area contributed by atoms with Crippen LogP contribution in [0.25, 0.3) is 0 Å². The first-order valence-electron chi connectivity index (χ1n) is 12.8. The summed E-state index contributed by atoms with van der Waals surface area (Å²) in [5.74, 6) is -3.60. The molecule has 0 aromatic carbocycles. The highest BCUT2D eigenvalue weighted by Gasteiger charge is 2.34. The van der Waals surface area contributed by atoms with Crippen LogP contribution in [-0.4, -0.2) is 75.4 Å². The third-order valence-electron chi connectivity index (χ3n) is 6.48. The van der Waals surface area contributed by atoms with E-state index < -0.39 is 47.9 Å². The van der Waals surface area contributed by atoms with Gasteiger partial charge in [-0.25, -0.2) is 9.78 Å². The van der Waals surface area contributed by atoms with Crippen molar-refractivity contribution in [2.45, 2.75) is 84.0 Å². The van der Waals surface area contributed by atoms with Gasteiger partial charge in [0.1, 0.15) is 18.1 Å². The number of nitrogens with two attached hydrogens (primary N) is 3. The molecule has 0 bridgehead atoms. The van der Waals surface area contributed by atoms with Gasteiger partial charge in [-0.15, -0.1) is 0 Å². The molecule has 3 amide bonds. The number of aliphatic carboxylic acids is 1. The molecule has 0 spiro atoms. The minimum Gasteiger partial charge on any atom is -0.480 e. The van der Waals surface area contributed by atoms with Crippen LogP contribution in [0.15, 0.2) is 17.5 Å². The third kappa shape index (κ3) is 10.7. The molecule has 6 unspecified atom stereocenters. The fourth-order valence-electron chi connectivity index (χ4n) is 3.66. The number of amides is 3. The number of guanidine groups is 1. The molecule has 0 aliphatic carbocycles. The number of imidazole rings is 1. The van der Waals surface area contributed by atoms with E-state index in [1.165, 1.54) is 6.33 Å². The van der Waals surface area contributed by atoms with E-state index in [4.69, 9.17) is 17.2 Å². The van der Waals surface area contributed by atoms with Gasteiger partial charge in [-0.1, -0.05) is 40.5 Å². The first kappa shape index (κ1) is 32.3. The Bertz CT molecular complexity index is 934. The molecule has 214 valence electrons. The van der Waals surface area contributed by atoms with E-state index in [-0.39, 0.29) is 37.2 Å². The van der Waals surface area contributed by atoms with Crippen molar-refractivity contribution in [3.05, 3.63) is 18.2 Å². The van der Waals surface area contributed by atoms with E-state index in [0.717, 1.165) is 0 Å². The van der Waals surface area contributed by atoms with E-state index >= 15 is 0 Å². The molecule has 11 N–H and O–H groups in total. The number of aromatic amines is 1. The van der Waals surface area contributed by atoms with E-state index in [2.05, 4.69) is 30.9 Å². The van der Waals surface area contributed by atoms with Crippen LogP contribution in [0.1, 0.15) is 59.1 Å². The fraction of sp³-hybridized carbons (Fsp3) is 0.667. The number of hydrogen-bond acceptors (Lipinski definition) is 7. The van der Waals surface area contributed by atoms with Gasteiger partial charge in [-0.2, -0.15) is 0 Å². The topological polar surface area (TPSA) is 244 Å². The van der Waals surface area contributed by atoms with Gasteiger partial charge < -0.3 is 43.2 Å². The Morgan fingerprint density at radius 2 is 1.55 bits per heavy atom. The molecule has 0 saturated carbocycles. The molecule has 0 radical (unpaired) electrons. The Kier molecular flexibility index (Phi) is 13.8. The Morgan fingerprint density at radius 3 is 2.03 bits per heavy atom. The lowest BCUT2D eigenvalue weighted by Gasteiger charge is -2.30. The second kappa shape index (κ2) is 16.2. The normalized spacial score (nSPS) is 15.7. The molecular formula is C24H43N9O5. The van der Waals surface area contributed by atoms with Crippen molar-refractivity contribution in [2.24, 2.45) is 34.0 Å². The number of carboxylic acids is 1. The molecule has 0 aliphatic heterocycles. The molecular weight excluding hydrogens is 494 g/mol. The van der Waals surface area contributed by atoms with E-state index in [1.54, 1.807) is 20.0 Å². The van der Waals surface area contributed by atoms with Gasteiger partial charge in [0.15, 0.2) is 5.96 Å². The number of aliphatic imine (C=N–C) groups is 1. The third-order valence-corrected chi connectivity index (χ3v) is 6.48. The lowest BCUT2D eigenvalue weighted by atomic mass is 9.94. The van der Waals surface area contributed by atoms with Crippen LogP contribution in [0.4, 0.5) is 0 Å². The van der Waals surface area contributed by atoms with Gasteiger partial charge in [-0.05, 0) is 24.7 Å². The van der Waals surface area contributed by atoms with Crippen molar-refractivity contribution >= 4 is 29.7 Å². The van der Waals surface area contributed by atoms with E-state index in [0.29, 0.717) is 25.0 Å². The Morgan fingerprint density at radius 1 is 1.00 bits per heavy atom. The summed E-state index contributed by atoms with van der Waals surface area (Å²) in [6, 6.07) is -4.08. The predicted molar refractivity (Wildman–Crippen MR) is 143 cm³/mol. The minimum absolute atomic E-state index is 0.0960. The van der Waals surface area contributed by atoms with E-state index in [9.17, 15) is 24.3 Å². The van der Waals surface area contributed by atoms with Crippen LogP contribution in [0.5, 0.6) is 0 Å². The maximum atomic E-state index is 13.3. The molecule has 1 rings (SSSR count). The highest BCUT2D eigenvalue weighted by Crippen LogP contribution is 2.13. The maximum Gasteiger partial charge on any atom is 0.326 e. The van der Waals surface area contributed by atoms with Gasteiger partial charge in [0.2, 0.25) is 17.7 Å². The highest BCUT2D eigenvalue weighted by atomic mass is 16.4. The summed E-state index contributed by atoms with van der Waals surface area (Å²) in [7, 11) is 0. The van der Waals surface area contributed by atoms with Crippen molar-refractivity contribution in [2.75, 3.05) is 6.54 Å². The lowest BCUT2D eigenvalue weighted by Crippen LogP contribution is -2.60. The molecule has 14 heteroatoms. The van der Waals surface area contributed by atoms with Crippen molar-refractivity contribution in [1.29, 1.82) is 0 Å². The van der Waals surface area contributed by atoms with Crippen LogP contribution in [0.3, 0.4) is 0 Å². The van der Waals surface area contributed by atoms with Crippen molar-refractivity contribution in [3.8, 4) is 0 Å². The average Bonchev–Trinajstić information content (AvgIpc) is 3.38. The van der Waals surface area contributed by atoms with Gasteiger partial charge in [0, 0.05) is 24.9 Å². The zero-order chi connectivity index (χ0) is 28.8. The first-order chi connectivity index (χ1) is 17.9. The van der Waals surface area contributed by atoms with Crippen LogP contribution in [0.2, 0.25) is 0 Å². The van der Waals surface area contributed by atoms with Crippen molar-refractivity contribution < 1.29 is 24.3 Å². The van der Waals surface area contributed by atoms with Gasteiger partial charge in [-0.3, -0.25) is 19.4 Å². The fourth-order valence-corrected chi connectivity index (χ4v) is 3.66. The number of carboxylic acid groups (broad SMARTS) is 1.